The summed E-state index contributed by atoms with van der Waals surface area (Å²) in [4.78, 5) is 2.44. The van der Waals surface area contributed by atoms with Crippen LogP contribution in [0.25, 0.3) is 0 Å². The highest BCUT2D eigenvalue weighted by Gasteiger charge is 2.17. The van der Waals surface area contributed by atoms with Crippen molar-refractivity contribution >= 4 is 0 Å². The van der Waals surface area contributed by atoms with E-state index in [4.69, 9.17) is 4.74 Å². The molecule has 0 aromatic carbocycles. The van der Waals surface area contributed by atoms with Crippen molar-refractivity contribution in [1.29, 1.82) is 0 Å². The van der Waals surface area contributed by atoms with Crippen LogP contribution < -0.4 is 5.32 Å². The fourth-order valence-corrected chi connectivity index (χ4v) is 2.71. The Labute approximate surface area is 99.5 Å². The first kappa shape index (κ1) is 12.3. The molecule has 2 rings (SSSR count). The molecule has 0 bridgehead atoms. The van der Waals surface area contributed by atoms with Crippen LogP contribution in [0.5, 0.6) is 0 Å². The van der Waals surface area contributed by atoms with Crippen molar-refractivity contribution in [3.63, 3.8) is 0 Å². The van der Waals surface area contributed by atoms with Crippen LogP contribution >= 0.6 is 0 Å². The van der Waals surface area contributed by atoms with Crippen LogP contribution in [0.4, 0.5) is 0 Å². The predicted molar refractivity (Wildman–Crippen MR) is 66.6 cm³/mol. The van der Waals surface area contributed by atoms with Gasteiger partial charge in [-0.3, -0.25) is 0 Å². The van der Waals surface area contributed by atoms with Gasteiger partial charge in [-0.15, -0.1) is 0 Å². The van der Waals surface area contributed by atoms with Crippen molar-refractivity contribution in [2.45, 2.75) is 25.7 Å². The molecule has 2 saturated heterocycles. The molecule has 16 heavy (non-hydrogen) atoms. The molecule has 1 N–H and O–H groups in total. The molecule has 3 heteroatoms. The molecule has 2 aliphatic heterocycles. The van der Waals surface area contributed by atoms with Gasteiger partial charge in [0.05, 0.1) is 0 Å². The second-order valence-electron chi connectivity index (χ2n) is 5.46. The number of piperidine rings is 1. The lowest BCUT2D eigenvalue weighted by Gasteiger charge is -2.30. The smallest absolute Gasteiger partial charge is 0.0469 e. The van der Waals surface area contributed by atoms with Gasteiger partial charge in [-0.1, -0.05) is 0 Å². The Morgan fingerprint density at radius 3 is 2.19 bits per heavy atom. The normalized spacial score (nSPS) is 26.1. The highest BCUT2D eigenvalue weighted by Crippen LogP contribution is 2.16. The minimum absolute atomic E-state index is 0.861. The fraction of sp³-hybridized carbons (Fsp3) is 1.00. The summed E-state index contributed by atoms with van der Waals surface area (Å²) in [6.07, 6.45) is 5.25. The minimum atomic E-state index is 0.861. The van der Waals surface area contributed by atoms with E-state index in [1.807, 2.05) is 0 Å². The van der Waals surface area contributed by atoms with E-state index in [0.717, 1.165) is 25.0 Å². The third-order valence-electron chi connectivity index (χ3n) is 4.05. The molecule has 0 saturated carbocycles. The van der Waals surface area contributed by atoms with Gasteiger partial charge >= 0.3 is 0 Å². The quantitative estimate of drug-likeness (QED) is 0.783. The average Bonchev–Trinajstić information content (AvgIpc) is 2.33. The summed E-state index contributed by atoms with van der Waals surface area (Å²) < 4.78 is 5.37. The van der Waals surface area contributed by atoms with E-state index < -0.39 is 0 Å². The van der Waals surface area contributed by atoms with Crippen LogP contribution in [0.2, 0.25) is 0 Å². The summed E-state index contributed by atoms with van der Waals surface area (Å²) in [5, 5.41) is 3.67. The third kappa shape index (κ3) is 4.04. The molecule has 0 spiro atoms. The maximum Gasteiger partial charge on any atom is 0.0469 e. The molecule has 0 aromatic rings. The van der Waals surface area contributed by atoms with Crippen molar-refractivity contribution in [2.75, 3.05) is 46.4 Å². The monoisotopic (exact) mass is 226 g/mol. The summed E-state index contributed by atoms with van der Waals surface area (Å²) in [5.41, 5.74) is 0. The van der Waals surface area contributed by atoms with Gasteiger partial charge in [0.1, 0.15) is 0 Å². The largest absolute Gasteiger partial charge is 0.381 e. The molecule has 2 fully saturated rings. The summed E-state index contributed by atoms with van der Waals surface area (Å²) in [7, 11) is 2.23. The maximum absolute atomic E-state index is 5.37. The van der Waals surface area contributed by atoms with Crippen molar-refractivity contribution < 1.29 is 4.74 Å². The van der Waals surface area contributed by atoms with Gasteiger partial charge in [0.15, 0.2) is 0 Å². The van der Waals surface area contributed by atoms with Gasteiger partial charge in [0.2, 0.25) is 0 Å². The minimum Gasteiger partial charge on any atom is -0.381 e. The van der Waals surface area contributed by atoms with Crippen LogP contribution in [0.1, 0.15) is 25.7 Å². The number of rotatable bonds is 4. The van der Waals surface area contributed by atoms with Gasteiger partial charge < -0.3 is 15.0 Å². The number of hydrogen-bond donors (Lipinski definition) is 1. The molecule has 0 radical (unpaired) electrons. The molecule has 0 aromatic heterocycles. The first-order valence-electron chi connectivity index (χ1n) is 6.81. The number of ether oxygens (including phenoxy) is 1. The zero-order valence-corrected chi connectivity index (χ0v) is 10.6. The van der Waals surface area contributed by atoms with Crippen LogP contribution in [0, 0.1) is 11.8 Å². The first-order valence-corrected chi connectivity index (χ1v) is 6.81. The first-order chi connectivity index (χ1) is 7.84. The van der Waals surface area contributed by atoms with Gasteiger partial charge in [0, 0.05) is 13.2 Å². The zero-order valence-electron chi connectivity index (χ0n) is 10.6. The molecular weight excluding hydrogens is 200 g/mol. The Morgan fingerprint density at radius 2 is 1.56 bits per heavy atom. The summed E-state index contributed by atoms with van der Waals surface area (Å²) in [6, 6.07) is 0. The maximum atomic E-state index is 5.37. The second kappa shape index (κ2) is 6.58. The topological polar surface area (TPSA) is 24.5 Å². The van der Waals surface area contributed by atoms with Crippen LogP contribution in [0.15, 0.2) is 0 Å². The number of nitrogens with zero attached hydrogens (tertiary/aromatic N) is 1. The highest BCUT2D eigenvalue weighted by atomic mass is 16.5. The van der Waals surface area contributed by atoms with Crippen LogP contribution in [0.3, 0.4) is 0 Å². The molecule has 3 nitrogen and oxygen atoms in total. The van der Waals surface area contributed by atoms with E-state index >= 15 is 0 Å². The molecule has 94 valence electrons. The lowest BCUT2D eigenvalue weighted by molar-refractivity contribution is 0.0657. The van der Waals surface area contributed by atoms with Crippen LogP contribution in [-0.2, 0) is 4.74 Å². The lowest BCUT2D eigenvalue weighted by atomic mass is 9.96. The highest BCUT2D eigenvalue weighted by molar-refractivity contribution is 4.73. The number of hydrogen-bond acceptors (Lipinski definition) is 3. The van der Waals surface area contributed by atoms with E-state index in [2.05, 4.69) is 17.3 Å². The Bertz CT molecular complexity index is 184. The van der Waals surface area contributed by atoms with E-state index in [0.29, 0.717) is 0 Å². The van der Waals surface area contributed by atoms with Gasteiger partial charge in [-0.25, -0.2) is 0 Å². The van der Waals surface area contributed by atoms with E-state index in [1.54, 1.807) is 0 Å². The molecule has 0 atom stereocenters. The van der Waals surface area contributed by atoms with Gasteiger partial charge in [-0.05, 0) is 70.7 Å². The van der Waals surface area contributed by atoms with Crippen LogP contribution in [-0.4, -0.2) is 51.3 Å². The summed E-state index contributed by atoms with van der Waals surface area (Å²) in [6.45, 7) is 6.94. The van der Waals surface area contributed by atoms with E-state index in [-0.39, 0.29) is 0 Å². The van der Waals surface area contributed by atoms with Gasteiger partial charge in [-0.2, -0.15) is 0 Å². The fourth-order valence-electron chi connectivity index (χ4n) is 2.71. The number of nitrogens with one attached hydrogen (secondary N) is 1. The van der Waals surface area contributed by atoms with E-state index in [1.165, 1.54) is 51.9 Å². The molecule has 0 unspecified atom stereocenters. The molecular formula is C13H26N2O. The molecule has 0 amide bonds. The predicted octanol–water partition coefficient (Wildman–Crippen LogP) is 1.34. The molecule has 0 aliphatic carbocycles. The SMILES string of the molecule is CN1CCC(CNCC2CCOCC2)CC1. The number of likely N-dealkylation sites (tertiary alicyclic amines) is 1. The van der Waals surface area contributed by atoms with Gasteiger partial charge in [0.25, 0.3) is 0 Å². The third-order valence-corrected chi connectivity index (χ3v) is 4.05. The lowest BCUT2D eigenvalue weighted by Crippen LogP contribution is -2.37. The summed E-state index contributed by atoms with van der Waals surface area (Å²) in [5.74, 6) is 1.77. The molecule has 2 heterocycles. The standard InChI is InChI=1S/C13H26N2O/c1-15-6-2-12(3-7-15)10-14-11-13-4-8-16-9-5-13/h12-14H,2-11H2,1H3. The zero-order chi connectivity index (χ0) is 11.2. The average molecular weight is 226 g/mol. The van der Waals surface area contributed by atoms with E-state index in [9.17, 15) is 0 Å². The van der Waals surface area contributed by atoms with Crippen molar-refractivity contribution in [2.24, 2.45) is 11.8 Å². The van der Waals surface area contributed by atoms with Crippen molar-refractivity contribution in [1.82, 2.24) is 10.2 Å². The Kier molecular flexibility index (Phi) is 5.07. The second-order valence-corrected chi connectivity index (χ2v) is 5.46. The Balaban J connectivity index is 1.53. The Hall–Kier alpha value is -0.120. The summed E-state index contributed by atoms with van der Waals surface area (Å²) >= 11 is 0. The Morgan fingerprint density at radius 1 is 1.00 bits per heavy atom. The molecule has 2 aliphatic rings. The van der Waals surface area contributed by atoms with Crippen molar-refractivity contribution in [3.05, 3.63) is 0 Å². The van der Waals surface area contributed by atoms with Crippen molar-refractivity contribution in [3.8, 4) is 0 Å².